The maximum atomic E-state index is 5.63. The Bertz CT molecular complexity index is 609. The molecule has 1 saturated heterocycles. The first-order chi connectivity index (χ1) is 11.8. The van der Waals surface area contributed by atoms with Crippen LogP contribution in [0.1, 0.15) is 30.2 Å². The molecule has 1 aliphatic heterocycles. The summed E-state index contributed by atoms with van der Waals surface area (Å²) in [5.74, 6) is 1.01. The number of benzene rings is 1. The van der Waals surface area contributed by atoms with Crippen molar-refractivity contribution in [3.05, 3.63) is 60.1 Å². The number of hydrogen-bond donors (Lipinski definition) is 2. The minimum absolute atomic E-state index is 0.247. The third kappa shape index (κ3) is 4.82. The first-order valence-electron chi connectivity index (χ1n) is 8.66. The average molecular weight is 343 g/mol. The number of hydrogen-bond acceptors (Lipinski definition) is 3. The van der Waals surface area contributed by atoms with Gasteiger partial charge in [0, 0.05) is 13.1 Å². The third-order valence-electron chi connectivity index (χ3n) is 4.45. The summed E-state index contributed by atoms with van der Waals surface area (Å²) in [5.41, 5.74) is 1.32. The summed E-state index contributed by atoms with van der Waals surface area (Å²) in [6.45, 7) is 3.86. The summed E-state index contributed by atoms with van der Waals surface area (Å²) in [6.07, 6.45) is 5.24. The highest BCUT2D eigenvalue weighted by Crippen LogP contribution is 2.24. The van der Waals surface area contributed by atoms with Crippen molar-refractivity contribution in [1.82, 2.24) is 15.5 Å². The van der Waals surface area contributed by atoms with Gasteiger partial charge in [0.05, 0.1) is 12.3 Å². The van der Waals surface area contributed by atoms with E-state index in [2.05, 4.69) is 45.9 Å². The molecule has 1 aromatic carbocycles. The Balaban J connectivity index is 1.44. The second kappa shape index (κ2) is 8.85. The van der Waals surface area contributed by atoms with Gasteiger partial charge in [0.1, 0.15) is 5.76 Å². The molecule has 24 heavy (non-hydrogen) atoms. The van der Waals surface area contributed by atoms with Crippen molar-refractivity contribution in [3.63, 3.8) is 0 Å². The Hall–Kier alpha value is -1.85. The van der Waals surface area contributed by atoms with Crippen LogP contribution in [0.2, 0.25) is 0 Å². The van der Waals surface area contributed by atoms with Crippen molar-refractivity contribution in [2.75, 3.05) is 26.2 Å². The molecule has 2 N–H and O–H groups in total. The van der Waals surface area contributed by atoms with Crippen LogP contribution in [0, 0.1) is 0 Å². The van der Waals surface area contributed by atoms with Gasteiger partial charge in [-0.15, -0.1) is 0 Å². The van der Waals surface area contributed by atoms with Gasteiger partial charge in [0.25, 0.3) is 0 Å². The molecule has 0 aliphatic carbocycles. The Morgan fingerprint density at radius 3 is 2.58 bits per heavy atom. The fourth-order valence-corrected chi connectivity index (χ4v) is 3.35. The molecule has 4 nitrogen and oxygen atoms in total. The zero-order chi connectivity index (χ0) is 16.6. The molecule has 1 fully saturated rings. The van der Waals surface area contributed by atoms with Gasteiger partial charge in [-0.05, 0) is 62.3 Å². The molecule has 0 radical (unpaired) electrons. The molecule has 2 aromatic rings. The lowest BCUT2D eigenvalue weighted by Crippen LogP contribution is -2.41. The van der Waals surface area contributed by atoms with Gasteiger partial charge in [-0.3, -0.25) is 4.90 Å². The van der Waals surface area contributed by atoms with E-state index in [1.807, 2.05) is 12.1 Å². The van der Waals surface area contributed by atoms with E-state index >= 15 is 0 Å². The monoisotopic (exact) mass is 343 g/mol. The Morgan fingerprint density at radius 2 is 1.88 bits per heavy atom. The second-order valence-electron chi connectivity index (χ2n) is 6.15. The highest BCUT2D eigenvalue weighted by molar-refractivity contribution is 7.80. The maximum Gasteiger partial charge on any atom is 0.166 e. The van der Waals surface area contributed by atoms with Gasteiger partial charge in [-0.2, -0.15) is 0 Å². The molecule has 5 heteroatoms. The molecular weight excluding hydrogens is 318 g/mol. The molecule has 1 aromatic heterocycles. The van der Waals surface area contributed by atoms with E-state index < -0.39 is 0 Å². The van der Waals surface area contributed by atoms with E-state index in [1.54, 1.807) is 6.26 Å². The van der Waals surface area contributed by atoms with E-state index in [1.165, 1.54) is 18.4 Å². The van der Waals surface area contributed by atoms with E-state index in [0.717, 1.165) is 38.4 Å². The van der Waals surface area contributed by atoms with Crippen LogP contribution in [0.4, 0.5) is 0 Å². The zero-order valence-electron chi connectivity index (χ0n) is 13.9. The molecule has 0 spiro atoms. The summed E-state index contributed by atoms with van der Waals surface area (Å²) in [5, 5.41) is 7.36. The number of nitrogens with one attached hydrogen (secondary N) is 2. The third-order valence-corrected chi connectivity index (χ3v) is 4.74. The molecule has 0 amide bonds. The first-order valence-corrected chi connectivity index (χ1v) is 9.07. The molecule has 0 saturated carbocycles. The van der Waals surface area contributed by atoms with Gasteiger partial charge in [0.15, 0.2) is 5.11 Å². The predicted molar refractivity (Wildman–Crippen MR) is 101 cm³/mol. The van der Waals surface area contributed by atoms with Crippen LogP contribution in [0.3, 0.4) is 0 Å². The molecule has 1 aliphatic rings. The molecule has 128 valence electrons. The second-order valence-corrected chi connectivity index (χ2v) is 6.55. The van der Waals surface area contributed by atoms with Crippen molar-refractivity contribution in [3.8, 4) is 0 Å². The van der Waals surface area contributed by atoms with Crippen LogP contribution in [0.25, 0.3) is 0 Å². The summed E-state index contributed by atoms with van der Waals surface area (Å²) in [4.78, 5) is 2.47. The molecule has 0 unspecified atom stereocenters. The van der Waals surface area contributed by atoms with Crippen molar-refractivity contribution in [1.29, 1.82) is 0 Å². The SMILES string of the molecule is S=C(NCCc1ccccc1)NC[C@H](c1ccco1)N1CCCC1. The summed E-state index contributed by atoms with van der Waals surface area (Å²) in [7, 11) is 0. The Morgan fingerprint density at radius 1 is 1.08 bits per heavy atom. The summed E-state index contributed by atoms with van der Waals surface area (Å²) >= 11 is 5.42. The van der Waals surface area contributed by atoms with Crippen LogP contribution < -0.4 is 10.6 Å². The van der Waals surface area contributed by atoms with Crippen molar-refractivity contribution >= 4 is 17.3 Å². The molecule has 1 atom stereocenters. The maximum absolute atomic E-state index is 5.63. The molecule has 0 bridgehead atoms. The highest BCUT2D eigenvalue weighted by Gasteiger charge is 2.25. The van der Waals surface area contributed by atoms with Gasteiger partial charge in [0.2, 0.25) is 0 Å². The van der Waals surface area contributed by atoms with E-state index in [-0.39, 0.29) is 6.04 Å². The van der Waals surface area contributed by atoms with E-state index in [0.29, 0.717) is 5.11 Å². The van der Waals surface area contributed by atoms with Crippen LogP contribution in [0.5, 0.6) is 0 Å². The number of thiocarbonyl (C=S) groups is 1. The minimum Gasteiger partial charge on any atom is -0.468 e. The fraction of sp³-hybridized carbons (Fsp3) is 0.421. The number of nitrogens with zero attached hydrogens (tertiary/aromatic N) is 1. The zero-order valence-corrected chi connectivity index (χ0v) is 14.7. The lowest BCUT2D eigenvalue weighted by atomic mass is 10.1. The van der Waals surface area contributed by atoms with Gasteiger partial charge in [-0.1, -0.05) is 30.3 Å². The Labute approximate surface area is 149 Å². The van der Waals surface area contributed by atoms with Crippen LogP contribution in [-0.2, 0) is 6.42 Å². The lowest BCUT2D eigenvalue weighted by molar-refractivity contribution is 0.215. The largest absolute Gasteiger partial charge is 0.468 e. The standard InChI is InChI=1S/C19H25N3OS/c24-19(20-11-10-16-7-2-1-3-8-16)21-15-17(18-9-6-14-23-18)22-12-4-5-13-22/h1-3,6-9,14,17H,4-5,10-13,15H2,(H2,20,21,24)/t17-/m1/s1. The average Bonchev–Trinajstić information content (AvgIpc) is 3.30. The number of likely N-dealkylation sites (tertiary alicyclic amines) is 1. The Kier molecular flexibility index (Phi) is 6.26. The van der Waals surface area contributed by atoms with Crippen LogP contribution in [0.15, 0.2) is 53.1 Å². The van der Waals surface area contributed by atoms with E-state index in [4.69, 9.17) is 16.6 Å². The summed E-state index contributed by atoms with van der Waals surface area (Å²) in [6, 6.07) is 14.7. The fourth-order valence-electron chi connectivity index (χ4n) is 3.16. The van der Waals surface area contributed by atoms with Gasteiger partial charge >= 0.3 is 0 Å². The highest BCUT2D eigenvalue weighted by atomic mass is 32.1. The van der Waals surface area contributed by atoms with Crippen molar-refractivity contribution < 1.29 is 4.42 Å². The topological polar surface area (TPSA) is 40.4 Å². The number of rotatable bonds is 7. The predicted octanol–water partition coefficient (Wildman–Crippen LogP) is 3.12. The first kappa shape index (κ1) is 17.0. The van der Waals surface area contributed by atoms with Crippen molar-refractivity contribution in [2.45, 2.75) is 25.3 Å². The van der Waals surface area contributed by atoms with Gasteiger partial charge < -0.3 is 15.1 Å². The van der Waals surface area contributed by atoms with Crippen molar-refractivity contribution in [2.24, 2.45) is 0 Å². The molecule has 3 rings (SSSR count). The van der Waals surface area contributed by atoms with Crippen LogP contribution in [-0.4, -0.2) is 36.2 Å². The van der Waals surface area contributed by atoms with Crippen LogP contribution >= 0.6 is 12.2 Å². The minimum atomic E-state index is 0.247. The lowest BCUT2D eigenvalue weighted by Gasteiger charge is -2.26. The number of furan rings is 1. The smallest absolute Gasteiger partial charge is 0.166 e. The normalized spacial score (nSPS) is 16.0. The quantitative estimate of drug-likeness (QED) is 0.756. The molecular formula is C19H25N3OS. The summed E-state index contributed by atoms with van der Waals surface area (Å²) < 4.78 is 5.63. The van der Waals surface area contributed by atoms with E-state index in [9.17, 15) is 0 Å². The van der Waals surface area contributed by atoms with Gasteiger partial charge in [-0.25, -0.2) is 0 Å². The molecule has 2 heterocycles.